The number of carbonyl (C=O) groups excluding carboxylic acids is 2. The third-order valence-corrected chi connectivity index (χ3v) is 4.62. The topological polar surface area (TPSA) is 116 Å². The molecular formula is C20H20N2O6. The van der Waals surface area contributed by atoms with E-state index >= 15 is 0 Å². The van der Waals surface area contributed by atoms with Gasteiger partial charge >= 0.3 is 5.97 Å². The van der Waals surface area contributed by atoms with Crippen molar-refractivity contribution >= 4 is 29.2 Å². The van der Waals surface area contributed by atoms with Crippen LogP contribution in [0, 0.1) is 12.8 Å². The molecule has 1 fully saturated rings. The Kier molecular flexibility index (Phi) is 5.21. The number of nitrogens with zero attached hydrogens (tertiary/aromatic N) is 1. The Hall–Kier alpha value is -3.55. The highest BCUT2D eigenvalue weighted by Crippen LogP contribution is 2.34. The van der Waals surface area contributed by atoms with Gasteiger partial charge in [-0.25, -0.2) is 4.79 Å². The normalized spacial score (nSPS) is 16.1. The minimum atomic E-state index is -1.18. The lowest BCUT2D eigenvalue weighted by atomic mass is 10.1. The molecule has 28 heavy (non-hydrogen) atoms. The van der Waals surface area contributed by atoms with Gasteiger partial charge in [0.25, 0.3) is 0 Å². The van der Waals surface area contributed by atoms with Crippen molar-refractivity contribution in [1.82, 2.24) is 0 Å². The smallest absolute Gasteiger partial charge is 0.335 e. The third kappa shape index (κ3) is 3.75. The molecule has 1 aliphatic heterocycles. The van der Waals surface area contributed by atoms with Gasteiger partial charge in [-0.05, 0) is 42.8 Å². The van der Waals surface area contributed by atoms with E-state index in [1.165, 1.54) is 30.2 Å². The molecule has 1 unspecified atom stereocenters. The van der Waals surface area contributed by atoms with E-state index in [9.17, 15) is 19.5 Å². The molecule has 0 radical (unpaired) electrons. The summed E-state index contributed by atoms with van der Waals surface area (Å²) in [6, 6.07) is 9.06. The van der Waals surface area contributed by atoms with Crippen LogP contribution in [0.4, 0.5) is 11.4 Å². The number of amides is 2. The van der Waals surface area contributed by atoms with E-state index in [1.807, 2.05) is 19.1 Å². The number of ether oxygens (including phenoxy) is 1. The van der Waals surface area contributed by atoms with Gasteiger partial charge in [0.2, 0.25) is 11.8 Å². The first-order valence-corrected chi connectivity index (χ1v) is 8.62. The average Bonchev–Trinajstić information content (AvgIpc) is 3.05. The standard InChI is InChI=1S/C20H20N2O6/c1-11-3-6-17(28-2)15(7-11)22-10-13(9-18(22)24)19(25)21-14-8-12(20(26)27)4-5-16(14)23/h3-8,13,23H,9-10H2,1-2H3,(H,21,25)(H,26,27). The van der Waals surface area contributed by atoms with Crippen molar-refractivity contribution in [2.24, 2.45) is 5.92 Å². The van der Waals surface area contributed by atoms with Crippen LogP contribution in [0.5, 0.6) is 11.5 Å². The van der Waals surface area contributed by atoms with Crippen LogP contribution in [-0.2, 0) is 9.59 Å². The van der Waals surface area contributed by atoms with Gasteiger partial charge in [-0.15, -0.1) is 0 Å². The summed E-state index contributed by atoms with van der Waals surface area (Å²) in [5.74, 6) is -2.23. The fourth-order valence-corrected chi connectivity index (χ4v) is 3.13. The van der Waals surface area contributed by atoms with Gasteiger partial charge in [0, 0.05) is 13.0 Å². The third-order valence-electron chi connectivity index (χ3n) is 4.62. The molecule has 8 nitrogen and oxygen atoms in total. The van der Waals surface area contributed by atoms with Crippen molar-refractivity contribution in [2.75, 3.05) is 23.9 Å². The van der Waals surface area contributed by atoms with Crippen molar-refractivity contribution in [3.8, 4) is 11.5 Å². The van der Waals surface area contributed by atoms with E-state index in [1.54, 1.807) is 6.07 Å². The second-order valence-corrected chi connectivity index (χ2v) is 6.61. The second kappa shape index (κ2) is 7.59. The number of carboxylic acids is 1. The minimum absolute atomic E-state index is 0.00229. The molecule has 8 heteroatoms. The number of benzene rings is 2. The van der Waals surface area contributed by atoms with Crippen molar-refractivity contribution in [3.05, 3.63) is 47.5 Å². The van der Waals surface area contributed by atoms with Crippen LogP contribution in [0.2, 0.25) is 0 Å². The molecule has 2 amide bonds. The number of nitrogens with one attached hydrogen (secondary N) is 1. The van der Waals surface area contributed by atoms with Crippen molar-refractivity contribution < 1.29 is 29.3 Å². The lowest BCUT2D eigenvalue weighted by Gasteiger charge is -2.20. The SMILES string of the molecule is COc1ccc(C)cc1N1CC(C(=O)Nc2cc(C(=O)O)ccc2O)CC1=O. The van der Waals surface area contributed by atoms with Crippen molar-refractivity contribution in [1.29, 1.82) is 0 Å². The van der Waals surface area contributed by atoms with Crippen LogP contribution in [0.1, 0.15) is 22.3 Å². The Morgan fingerprint density at radius 1 is 1.21 bits per heavy atom. The zero-order valence-corrected chi connectivity index (χ0v) is 15.4. The van der Waals surface area contributed by atoms with Crippen LogP contribution >= 0.6 is 0 Å². The van der Waals surface area contributed by atoms with Crippen LogP contribution in [0.15, 0.2) is 36.4 Å². The summed E-state index contributed by atoms with van der Waals surface area (Å²) < 4.78 is 5.32. The summed E-state index contributed by atoms with van der Waals surface area (Å²) in [6.07, 6.45) is 0.00229. The predicted molar refractivity (Wildman–Crippen MR) is 102 cm³/mol. The number of carboxylic acid groups (broad SMARTS) is 1. The first-order valence-electron chi connectivity index (χ1n) is 8.62. The van der Waals surface area contributed by atoms with Gasteiger partial charge in [-0.3, -0.25) is 9.59 Å². The Morgan fingerprint density at radius 2 is 1.96 bits per heavy atom. The Labute approximate surface area is 161 Å². The maximum absolute atomic E-state index is 12.6. The molecule has 0 saturated carbocycles. The number of anilines is 2. The summed E-state index contributed by atoms with van der Waals surface area (Å²) in [5.41, 5.74) is 1.47. The number of methoxy groups -OCH3 is 1. The van der Waals surface area contributed by atoms with Crippen molar-refractivity contribution in [3.63, 3.8) is 0 Å². The highest BCUT2D eigenvalue weighted by Gasteiger charge is 2.36. The molecular weight excluding hydrogens is 364 g/mol. The maximum atomic E-state index is 12.6. The molecule has 0 aromatic heterocycles. The number of hydrogen-bond acceptors (Lipinski definition) is 5. The summed E-state index contributed by atoms with van der Waals surface area (Å²) in [5, 5.41) is 21.5. The first-order chi connectivity index (χ1) is 13.3. The number of phenolic OH excluding ortho intramolecular Hbond substituents is 1. The Morgan fingerprint density at radius 3 is 2.64 bits per heavy atom. The maximum Gasteiger partial charge on any atom is 0.335 e. The summed E-state index contributed by atoms with van der Waals surface area (Å²) in [7, 11) is 1.51. The summed E-state index contributed by atoms with van der Waals surface area (Å²) in [4.78, 5) is 37.7. The minimum Gasteiger partial charge on any atom is -0.506 e. The van der Waals surface area contributed by atoms with E-state index in [4.69, 9.17) is 9.84 Å². The average molecular weight is 384 g/mol. The molecule has 1 atom stereocenters. The van der Waals surface area contributed by atoms with Crippen LogP contribution < -0.4 is 15.0 Å². The largest absolute Gasteiger partial charge is 0.506 e. The number of aromatic carboxylic acids is 1. The first kappa shape index (κ1) is 19.2. The highest BCUT2D eigenvalue weighted by molar-refractivity contribution is 6.05. The van der Waals surface area contributed by atoms with Crippen molar-refractivity contribution in [2.45, 2.75) is 13.3 Å². The molecule has 1 heterocycles. The number of rotatable bonds is 5. The molecule has 3 N–H and O–H groups in total. The number of phenols is 1. The fraction of sp³-hybridized carbons (Fsp3) is 0.250. The number of aromatic hydroxyl groups is 1. The lowest BCUT2D eigenvalue weighted by Crippen LogP contribution is -2.28. The molecule has 3 rings (SSSR count). The summed E-state index contributed by atoms with van der Waals surface area (Å²) in [6.45, 7) is 2.05. The zero-order chi connectivity index (χ0) is 20.4. The van der Waals surface area contributed by atoms with Crippen LogP contribution in [-0.4, -0.2) is 41.7 Å². The zero-order valence-electron chi connectivity index (χ0n) is 15.4. The highest BCUT2D eigenvalue weighted by atomic mass is 16.5. The van der Waals surface area contributed by atoms with Gasteiger partial charge in [0.1, 0.15) is 11.5 Å². The van der Waals surface area contributed by atoms with E-state index in [0.29, 0.717) is 11.4 Å². The van der Waals surface area contributed by atoms with Gasteiger partial charge in [0.05, 0.1) is 30.0 Å². The molecule has 0 aliphatic carbocycles. The van der Waals surface area contributed by atoms with E-state index in [-0.39, 0.29) is 35.9 Å². The molecule has 0 bridgehead atoms. The van der Waals surface area contributed by atoms with E-state index in [2.05, 4.69) is 5.32 Å². The van der Waals surface area contributed by atoms with Gasteiger partial charge in [-0.1, -0.05) is 6.07 Å². The molecule has 146 valence electrons. The second-order valence-electron chi connectivity index (χ2n) is 6.61. The van der Waals surface area contributed by atoms with E-state index in [0.717, 1.165) is 5.56 Å². The summed E-state index contributed by atoms with van der Waals surface area (Å²) >= 11 is 0. The van der Waals surface area contributed by atoms with E-state index < -0.39 is 17.8 Å². The molecule has 1 saturated heterocycles. The fourth-order valence-electron chi connectivity index (χ4n) is 3.13. The molecule has 1 aliphatic rings. The van der Waals surface area contributed by atoms with Gasteiger partial charge in [-0.2, -0.15) is 0 Å². The monoisotopic (exact) mass is 384 g/mol. The molecule has 2 aromatic rings. The van der Waals surface area contributed by atoms with Crippen LogP contribution in [0.3, 0.4) is 0 Å². The quantitative estimate of drug-likeness (QED) is 0.682. The predicted octanol–water partition coefficient (Wildman–Crippen LogP) is 2.40. The molecule has 2 aromatic carbocycles. The number of hydrogen-bond donors (Lipinski definition) is 3. The number of aryl methyl sites for hydroxylation is 1. The number of carbonyl (C=O) groups is 3. The Balaban J connectivity index is 1.79. The van der Waals surface area contributed by atoms with Gasteiger partial charge < -0.3 is 25.2 Å². The Bertz CT molecular complexity index is 956. The van der Waals surface area contributed by atoms with Crippen LogP contribution in [0.25, 0.3) is 0 Å². The van der Waals surface area contributed by atoms with Gasteiger partial charge in [0.15, 0.2) is 0 Å². The lowest BCUT2D eigenvalue weighted by molar-refractivity contribution is -0.122. The molecule has 0 spiro atoms.